The van der Waals surface area contributed by atoms with Crippen molar-refractivity contribution in [2.45, 2.75) is 44.9 Å². The molecular formula is C29H32BrF3N2O. The molecule has 0 saturated carbocycles. The second-order valence-corrected chi connectivity index (χ2v) is 10.1. The summed E-state index contributed by atoms with van der Waals surface area (Å²) in [6.07, 6.45) is 6.35. The van der Waals surface area contributed by atoms with E-state index < -0.39 is 17.5 Å². The molecule has 3 aromatic rings. The summed E-state index contributed by atoms with van der Waals surface area (Å²) >= 11 is 0. The minimum absolute atomic E-state index is 0. The average Bonchev–Trinajstić information content (AvgIpc) is 2.89. The first-order valence-corrected chi connectivity index (χ1v) is 12.5. The predicted octanol–water partition coefficient (Wildman–Crippen LogP) is 3.74. The zero-order valence-corrected chi connectivity index (χ0v) is 22.1. The van der Waals surface area contributed by atoms with E-state index in [1.807, 2.05) is 30.5 Å². The van der Waals surface area contributed by atoms with Crippen LogP contribution in [0.5, 0.6) is 0 Å². The second kappa shape index (κ2) is 11.0. The molecule has 0 N–H and O–H groups in total. The number of nitrogens with zero attached hydrogens (tertiary/aromatic N) is 2. The van der Waals surface area contributed by atoms with Gasteiger partial charge in [0.25, 0.3) is 0 Å². The highest BCUT2D eigenvalue weighted by molar-refractivity contribution is 5.82. The fourth-order valence-corrected chi connectivity index (χ4v) is 6.62. The summed E-state index contributed by atoms with van der Waals surface area (Å²) in [5.41, 5.74) is 2.19. The maximum Gasteiger partial charge on any atom is 0.194 e. The number of hydrogen-bond donors (Lipinski definition) is 0. The predicted molar refractivity (Wildman–Crippen MR) is 131 cm³/mol. The lowest BCUT2D eigenvalue weighted by Crippen LogP contribution is -3.00. The van der Waals surface area contributed by atoms with E-state index in [2.05, 4.69) is 24.6 Å². The highest BCUT2D eigenvalue weighted by Crippen LogP contribution is 2.49. The molecule has 0 aliphatic carbocycles. The Morgan fingerprint density at radius 3 is 2.72 bits per heavy atom. The molecule has 0 amide bonds. The Balaban J connectivity index is 0.00000304. The van der Waals surface area contributed by atoms with Crippen molar-refractivity contribution in [2.75, 3.05) is 19.7 Å². The molecule has 7 heteroatoms. The van der Waals surface area contributed by atoms with Crippen molar-refractivity contribution >= 4 is 10.9 Å². The maximum atomic E-state index is 14.9. The first kappa shape index (κ1) is 26.8. The van der Waals surface area contributed by atoms with Gasteiger partial charge in [-0.2, -0.15) is 0 Å². The molecule has 1 unspecified atom stereocenters. The van der Waals surface area contributed by atoms with Gasteiger partial charge in [0.1, 0.15) is 18.7 Å². The number of benzene rings is 2. The molecule has 5 atom stereocenters. The number of ether oxygens (including phenoxy) is 1. The lowest BCUT2D eigenvalue weighted by atomic mass is 9.70. The number of fused-ring (bicyclic) bond motifs is 4. The van der Waals surface area contributed by atoms with E-state index in [1.54, 1.807) is 6.08 Å². The van der Waals surface area contributed by atoms with Crippen molar-refractivity contribution in [3.05, 3.63) is 89.9 Å². The SMILES string of the molecule is C=CCO[C@H](c1ccnc2ccccc12)[C@@H]1C[C@@H]2CC[N+]1(Cc1ccc(F)c(F)c1F)C[C@@H]2CC.[Br-]. The monoisotopic (exact) mass is 560 g/mol. The molecule has 0 spiro atoms. The maximum absolute atomic E-state index is 14.9. The number of quaternary nitrogens is 1. The number of rotatable bonds is 8. The first-order valence-electron chi connectivity index (χ1n) is 12.5. The van der Waals surface area contributed by atoms with Crippen LogP contribution in [0.15, 0.2) is 61.3 Å². The summed E-state index contributed by atoms with van der Waals surface area (Å²) in [5, 5.41) is 1.04. The summed E-state index contributed by atoms with van der Waals surface area (Å²) in [6, 6.07) is 12.5. The number of aromatic nitrogens is 1. The van der Waals surface area contributed by atoms with Crippen LogP contribution >= 0.6 is 0 Å². The van der Waals surface area contributed by atoms with Gasteiger partial charge in [0.2, 0.25) is 0 Å². The van der Waals surface area contributed by atoms with E-state index >= 15 is 0 Å². The fourth-order valence-electron chi connectivity index (χ4n) is 6.62. The lowest BCUT2D eigenvalue weighted by molar-refractivity contribution is -0.986. The third-order valence-electron chi connectivity index (χ3n) is 8.31. The average molecular weight is 561 g/mol. The van der Waals surface area contributed by atoms with Crippen molar-refractivity contribution in [3.8, 4) is 0 Å². The van der Waals surface area contributed by atoms with E-state index in [0.29, 0.717) is 29.5 Å². The van der Waals surface area contributed by atoms with E-state index in [0.717, 1.165) is 54.9 Å². The van der Waals surface area contributed by atoms with Crippen molar-refractivity contribution < 1.29 is 39.4 Å². The van der Waals surface area contributed by atoms with E-state index in [4.69, 9.17) is 4.74 Å². The van der Waals surface area contributed by atoms with Crippen LogP contribution in [0.3, 0.4) is 0 Å². The summed E-state index contributed by atoms with van der Waals surface area (Å²) in [4.78, 5) is 4.53. The Labute approximate surface area is 221 Å². The summed E-state index contributed by atoms with van der Waals surface area (Å²) in [6.45, 7) is 8.50. The lowest BCUT2D eigenvalue weighted by Gasteiger charge is -2.59. The fraction of sp³-hybridized carbons (Fsp3) is 0.414. The molecule has 1 aromatic heterocycles. The van der Waals surface area contributed by atoms with Gasteiger partial charge in [-0.25, -0.2) is 13.2 Å². The molecule has 36 heavy (non-hydrogen) atoms. The smallest absolute Gasteiger partial charge is 0.194 e. The van der Waals surface area contributed by atoms with E-state index in [1.165, 1.54) is 6.07 Å². The van der Waals surface area contributed by atoms with Gasteiger partial charge in [0, 0.05) is 35.9 Å². The molecule has 2 aromatic carbocycles. The van der Waals surface area contributed by atoms with Crippen LogP contribution in [-0.2, 0) is 11.3 Å². The summed E-state index contributed by atoms with van der Waals surface area (Å²) in [5.74, 6) is -2.53. The van der Waals surface area contributed by atoms with Gasteiger partial charge < -0.3 is 26.2 Å². The van der Waals surface area contributed by atoms with E-state index in [9.17, 15) is 13.2 Å². The van der Waals surface area contributed by atoms with Gasteiger partial charge >= 0.3 is 0 Å². The zero-order valence-electron chi connectivity index (χ0n) is 20.5. The normalized spacial score (nSPS) is 25.9. The molecule has 3 aliphatic heterocycles. The van der Waals surface area contributed by atoms with Crippen LogP contribution in [0.1, 0.15) is 43.4 Å². The van der Waals surface area contributed by atoms with E-state index in [-0.39, 0.29) is 34.7 Å². The third-order valence-corrected chi connectivity index (χ3v) is 8.31. The largest absolute Gasteiger partial charge is 1.00 e. The van der Waals surface area contributed by atoms with Crippen LogP contribution in [0.2, 0.25) is 0 Å². The quantitative estimate of drug-likeness (QED) is 0.238. The van der Waals surface area contributed by atoms with Crippen molar-refractivity contribution in [3.63, 3.8) is 0 Å². The Bertz CT molecular complexity index is 1230. The van der Waals surface area contributed by atoms with Crippen molar-refractivity contribution in [1.29, 1.82) is 0 Å². The number of hydrogen-bond acceptors (Lipinski definition) is 2. The molecule has 4 heterocycles. The Morgan fingerprint density at radius 2 is 1.94 bits per heavy atom. The van der Waals surface area contributed by atoms with Gasteiger partial charge in [-0.1, -0.05) is 31.2 Å². The van der Waals surface area contributed by atoms with Gasteiger partial charge in [0.05, 0.1) is 25.2 Å². The molecule has 3 saturated heterocycles. The van der Waals surface area contributed by atoms with Crippen molar-refractivity contribution in [2.24, 2.45) is 11.8 Å². The third kappa shape index (κ3) is 4.73. The molecule has 3 nitrogen and oxygen atoms in total. The standard InChI is InChI=1S/C29H32F3N2O.BrH/c1-3-15-35-29(23-11-13-33-25-8-6-5-7-22(23)25)26-16-20-12-14-34(26,17-19(20)4-2)18-21-9-10-24(30)28(32)27(21)31;/h3,5-11,13,19-20,26,29H,1,4,12,14-18H2,2H3;1H/q+1;/p-1/t19-,20-,26-,29+,34?;/m0./s1. The molecule has 192 valence electrons. The first-order chi connectivity index (χ1) is 17.0. The minimum Gasteiger partial charge on any atom is -1.00 e. The van der Waals surface area contributed by atoms with Gasteiger partial charge in [-0.05, 0) is 42.2 Å². The second-order valence-electron chi connectivity index (χ2n) is 10.1. The number of piperidine rings is 3. The van der Waals surface area contributed by atoms with Gasteiger partial charge in [-0.3, -0.25) is 4.98 Å². The van der Waals surface area contributed by atoms with Crippen LogP contribution < -0.4 is 17.0 Å². The Morgan fingerprint density at radius 1 is 1.14 bits per heavy atom. The number of para-hydroxylation sites is 1. The highest BCUT2D eigenvalue weighted by atomic mass is 79.9. The molecule has 3 aliphatic rings. The summed E-state index contributed by atoms with van der Waals surface area (Å²) in [7, 11) is 0. The summed E-state index contributed by atoms with van der Waals surface area (Å²) < 4.78 is 49.9. The number of pyridine rings is 1. The highest BCUT2D eigenvalue weighted by Gasteiger charge is 2.55. The molecular weight excluding hydrogens is 529 g/mol. The van der Waals surface area contributed by atoms with Crippen LogP contribution in [0.4, 0.5) is 13.2 Å². The van der Waals surface area contributed by atoms with Gasteiger partial charge in [0.15, 0.2) is 17.5 Å². The number of halogens is 4. The molecule has 3 fully saturated rings. The van der Waals surface area contributed by atoms with Gasteiger partial charge in [-0.15, -0.1) is 6.58 Å². The molecule has 6 rings (SSSR count). The molecule has 0 radical (unpaired) electrons. The van der Waals surface area contributed by atoms with Crippen LogP contribution in [0, 0.1) is 29.3 Å². The molecule has 2 bridgehead atoms. The zero-order chi connectivity index (χ0) is 24.6. The topological polar surface area (TPSA) is 22.1 Å². The minimum atomic E-state index is -1.39. The van der Waals surface area contributed by atoms with Crippen molar-refractivity contribution in [1.82, 2.24) is 4.98 Å². The Hall–Kier alpha value is -2.22. The Kier molecular flexibility index (Phi) is 8.22. The van der Waals surface area contributed by atoms with Crippen LogP contribution in [-0.4, -0.2) is 35.2 Å². The van der Waals surface area contributed by atoms with Crippen LogP contribution in [0.25, 0.3) is 10.9 Å².